The summed E-state index contributed by atoms with van der Waals surface area (Å²) >= 11 is 0. The zero-order valence-corrected chi connectivity index (χ0v) is 14.4. The molecule has 0 radical (unpaired) electrons. The number of amides is 1. The Kier molecular flexibility index (Phi) is 5.11. The molecule has 1 amide bonds. The molecule has 1 aromatic heterocycles. The molecule has 144 valence electrons. The lowest BCUT2D eigenvalue weighted by Gasteiger charge is -2.16. The predicted octanol–water partition coefficient (Wildman–Crippen LogP) is 2.63. The molecule has 0 spiro atoms. The molecular formula is C18H17F3N2O4. The SMILES string of the molecule is COc1cc(=O)n2c(c1C(=O)NCc1ccccc1OC(F)(F)F)CCC2. The van der Waals surface area contributed by atoms with E-state index < -0.39 is 12.3 Å². The van der Waals surface area contributed by atoms with Crippen LogP contribution in [0.2, 0.25) is 0 Å². The van der Waals surface area contributed by atoms with Crippen molar-refractivity contribution in [1.82, 2.24) is 9.88 Å². The van der Waals surface area contributed by atoms with Gasteiger partial charge in [-0.15, -0.1) is 13.2 Å². The summed E-state index contributed by atoms with van der Waals surface area (Å²) in [7, 11) is 1.35. The Hall–Kier alpha value is -2.97. The quantitative estimate of drug-likeness (QED) is 0.863. The Morgan fingerprint density at radius 3 is 2.70 bits per heavy atom. The number of pyridine rings is 1. The van der Waals surface area contributed by atoms with Gasteiger partial charge in [-0.25, -0.2) is 0 Å². The largest absolute Gasteiger partial charge is 0.573 e. The van der Waals surface area contributed by atoms with Crippen molar-refractivity contribution >= 4 is 5.91 Å². The van der Waals surface area contributed by atoms with Crippen LogP contribution in [0, 0.1) is 0 Å². The zero-order valence-electron chi connectivity index (χ0n) is 14.4. The number of benzene rings is 1. The van der Waals surface area contributed by atoms with Crippen LogP contribution >= 0.6 is 0 Å². The maximum atomic E-state index is 12.7. The molecule has 0 unspecified atom stereocenters. The topological polar surface area (TPSA) is 69.6 Å². The van der Waals surface area contributed by atoms with E-state index in [9.17, 15) is 22.8 Å². The fourth-order valence-electron chi connectivity index (χ4n) is 3.12. The number of hydrogen-bond acceptors (Lipinski definition) is 4. The van der Waals surface area contributed by atoms with Gasteiger partial charge in [-0.2, -0.15) is 0 Å². The third kappa shape index (κ3) is 4.07. The summed E-state index contributed by atoms with van der Waals surface area (Å²) in [6, 6.07) is 6.80. The molecule has 1 aromatic carbocycles. The Labute approximate surface area is 152 Å². The fourth-order valence-corrected chi connectivity index (χ4v) is 3.12. The van der Waals surface area contributed by atoms with Crippen LogP contribution < -0.4 is 20.3 Å². The molecule has 0 bridgehead atoms. The third-order valence-electron chi connectivity index (χ3n) is 4.26. The van der Waals surface area contributed by atoms with E-state index in [0.717, 1.165) is 6.42 Å². The number of para-hydroxylation sites is 1. The minimum absolute atomic E-state index is 0.144. The predicted molar refractivity (Wildman–Crippen MR) is 89.9 cm³/mol. The molecule has 1 aliphatic rings. The van der Waals surface area contributed by atoms with Gasteiger partial charge in [0, 0.05) is 30.4 Å². The summed E-state index contributed by atoms with van der Waals surface area (Å²) in [6.45, 7) is 0.341. The summed E-state index contributed by atoms with van der Waals surface area (Å²) in [4.78, 5) is 24.7. The second kappa shape index (κ2) is 7.34. The number of methoxy groups -OCH3 is 1. The van der Waals surface area contributed by atoms with Crippen molar-refractivity contribution in [3.8, 4) is 11.5 Å². The molecule has 0 aliphatic carbocycles. The summed E-state index contributed by atoms with van der Waals surface area (Å²) < 4.78 is 48.2. The van der Waals surface area contributed by atoms with Gasteiger partial charge in [-0.3, -0.25) is 9.59 Å². The minimum Gasteiger partial charge on any atom is -0.496 e. The van der Waals surface area contributed by atoms with Gasteiger partial charge in [-0.1, -0.05) is 18.2 Å². The van der Waals surface area contributed by atoms with E-state index in [-0.39, 0.29) is 34.7 Å². The molecule has 0 fully saturated rings. The number of nitrogens with one attached hydrogen (secondary N) is 1. The fraction of sp³-hybridized carbons (Fsp3) is 0.333. The van der Waals surface area contributed by atoms with Gasteiger partial charge < -0.3 is 19.4 Å². The van der Waals surface area contributed by atoms with E-state index in [1.54, 1.807) is 6.07 Å². The summed E-state index contributed by atoms with van der Waals surface area (Å²) in [5.41, 5.74) is 0.715. The van der Waals surface area contributed by atoms with Crippen molar-refractivity contribution in [2.24, 2.45) is 0 Å². The molecule has 27 heavy (non-hydrogen) atoms. The summed E-state index contributed by atoms with van der Waals surface area (Å²) in [5.74, 6) is -0.767. The van der Waals surface area contributed by atoms with Crippen molar-refractivity contribution in [2.45, 2.75) is 32.3 Å². The highest BCUT2D eigenvalue weighted by Crippen LogP contribution is 2.27. The van der Waals surface area contributed by atoms with Gasteiger partial charge in [-0.05, 0) is 18.9 Å². The van der Waals surface area contributed by atoms with Crippen molar-refractivity contribution in [1.29, 1.82) is 0 Å². The monoisotopic (exact) mass is 382 g/mol. The smallest absolute Gasteiger partial charge is 0.496 e. The lowest BCUT2D eigenvalue weighted by molar-refractivity contribution is -0.274. The number of halogens is 3. The van der Waals surface area contributed by atoms with Crippen LogP contribution in [0.1, 0.15) is 28.0 Å². The number of aromatic nitrogens is 1. The van der Waals surface area contributed by atoms with Crippen LogP contribution in [0.25, 0.3) is 0 Å². The van der Waals surface area contributed by atoms with Gasteiger partial charge in [0.1, 0.15) is 17.1 Å². The number of ether oxygens (including phenoxy) is 2. The van der Waals surface area contributed by atoms with E-state index in [1.807, 2.05) is 0 Å². The molecule has 2 aromatic rings. The zero-order chi connectivity index (χ0) is 19.6. The van der Waals surface area contributed by atoms with Gasteiger partial charge >= 0.3 is 6.36 Å². The highest BCUT2D eigenvalue weighted by atomic mass is 19.4. The second-order valence-electron chi connectivity index (χ2n) is 5.97. The Morgan fingerprint density at radius 1 is 1.26 bits per heavy atom. The van der Waals surface area contributed by atoms with E-state index in [1.165, 1.54) is 35.9 Å². The van der Waals surface area contributed by atoms with Gasteiger partial charge in [0.25, 0.3) is 11.5 Å². The average molecular weight is 382 g/mol. The first-order chi connectivity index (χ1) is 12.8. The van der Waals surface area contributed by atoms with Crippen LogP contribution in [0.5, 0.6) is 11.5 Å². The molecule has 2 heterocycles. The van der Waals surface area contributed by atoms with Crippen molar-refractivity contribution in [3.05, 3.63) is 57.5 Å². The van der Waals surface area contributed by atoms with Crippen molar-refractivity contribution in [2.75, 3.05) is 7.11 Å². The number of alkyl halides is 3. The van der Waals surface area contributed by atoms with Crippen LogP contribution in [0.3, 0.4) is 0 Å². The maximum absolute atomic E-state index is 12.7. The van der Waals surface area contributed by atoms with Crippen molar-refractivity contribution in [3.63, 3.8) is 0 Å². The molecular weight excluding hydrogens is 365 g/mol. The Bertz CT molecular complexity index is 922. The molecule has 0 saturated heterocycles. The van der Waals surface area contributed by atoms with E-state index in [2.05, 4.69) is 10.1 Å². The first-order valence-electron chi connectivity index (χ1n) is 8.22. The summed E-state index contributed by atoms with van der Waals surface area (Å²) in [5, 5.41) is 2.58. The van der Waals surface area contributed by atoms with Crippen LogP contribution in [0.15, 0.2) is 35.1 Å². The molecule has 0 atom stereocenters. The van der Waals surface area contributed by atoms with Crippen LogP contribution in [-0.4, -0.2) is 23.9 Å². The highest BCUT2D eigenvalue weighted by Gasteiger charge is 2.32. The number of rotatable bonds is 5. The molecule has 1 N–H and O–H groups in total. The van der Waals surface area contributed by atoms with E-state index in [0.29, 0.717) is 18.7 Å². The second-order valence-corrected chi connectivity index (χ2v) is 5.97. The van der Waals surface area contributed by atoms with E-state index >= 15 is 0 Å². The Morgan fingerprint density at radius 2 is 2.00 bits per heavy atom. The van der Waals surface area contributed by atoms with Crippen molar-refractivity contribution < 1.29 is 27.4 Å². The molecule has 9 heteroatoms. The number of hydrogen-bond donors (Lipinski definition) is 1. The third-order valence-corrected chi connectivity index (χ3v) is 4.26. The van der Waals surface area contributed by atoms with Crippen LogP contribution in [0.4, 0.5) is 13.2 Å². The van der Waals surface area contributed by atoms with E-state index in [4.69, 9.17) is 4.74 Å². The number of nitrogens with zero attached hydrogens (tertiary/aromatic N) is 1. The molecule has 3 rings (SSSR count). The first-order valence-corrected chi connectivity index (χ1v) is 8.22. The molecule has 1 aliphatic heterocycles. The van der Waals surface area contributed by atoms with Gasteiger partial charge in [0.05, 0.1) is 7.11 Å². The standard InChI is InChI=1S/C18H17F3N2O4/c1-26-14-9-15(24)23-8-4-6-12(23)16(14)17(25)22-10-11-5-2-3-7-13(11)27-18(19,20)21/h2-3,5,7,9H,4,6,8,10H2,1H3,(H,22,25). The molecule has 6 nitrogen and oxygen atoms in total. The number of carbonyl (C=O) groups is 1. The minimum atomic E-state index is -4.83. The lowest BCUT2D eigenvalue weighted by Crippen LogP contribution is -2.29. The average Bonchev–Trinajstić information content (AvgIpc) is 3.09. The number of carbonyl (C=O) groups excluding carboxylic acids is 1. The lowest BCUT2D eigenvalue weighted by atomic mass is 10.1. The Balaban J connectivity index is 1.84. The van der Waals surface area contributed by atoms with Gasteiger partial charge in [0.15, 0.2) is 0 Å². The first kappa shape index (κ1) is 18.8. The van der Waals surface area contributed by atoms with Crippen LogP contribution in [-0.2, 0) is 19.5 Å². The molecule has 0 saturated carbocycles. The normalized spacial score (nSPS) is 13.2. The highest BCUT2D eigenvalue weighted by molar-refractivity contribution is 5.98. The van der Waals surface area contributed by atoms with Gasteiger partial charge in [0.2, 0.25) is 0 Å². The summed E-state index contributed by atoms with van der Waals surface area (Å²) in [6.07, 6.45) is -3.56. The number of fused-ring (bicyclic) bond motifs is 1. The maximum Gasteiger partial charge on any atom is 0.573 e.